The van der Waals surface area contributed by atoms with Crippen molar-refractivity contribution in [1.82, 2.24) is 10.2 Å². The second-order valence-electron chi connectivity index (χ2n) is 6.59. The Labute approximate surface area is 171 Å². The zero-order valence-corrected chi connectivity index (χ0v) is 17.1. The maximum absolute atomic E-state index is 6.28. The molecule has 0 amide bonds. The zero-order chi connectivity index (χ0) is 17.1. The molecule has 1 saturated heterocycles. The minimum atomic E-state index is 0. The van der Waals surface area contributed by atoms with Crippen LogP contribution in [0.2, 0.25) is 5.02 Å². The first kappa shape index (κ1) is 19.8. The summed E-state index contributed by atoms with van der Waals surface area (Å²) in [6.07, 6.45) is 4.72. The van der Waals surface area contributed by atoms with Crippen molar-refractivity contribution in [2.75, 3.05) is 32.7 Å². The van der Waals surface area contributed by atoms with E-state index in [0.717, 1.165) is 24.5 Å². The highest BCUT2D eigenvalue weighted by Crippen LogP contribution is 2.46. The van der Waals surface area contributed by atoms with Crippen LogP contribution in [-0.4, -0.2) is 37.6 Å². The van der Waals surface area contributed by atoms with Gasteiger partial charge in [-0.2, -0.15) is 0 Å². The Hall–Kier alpha value is -0.970. The highest BCUT2D eigenvalue weighted by Gasteiger charge is 2.20. The fraction of sp³-hybridized carbons (Fsp3) is 0.333. The molecule has 138 valence electrons. The van der Waals surface area contributed by atoms with Crippen molar-refractivity contribution in [3.05, 3.63) is 64.7 Å². The molecule has 2 aliphatic heterocycles. The number of unbranched alkanes of at least 4 members (excludes halogenated alkanes) is 1. The smallest absolute Gasteiger partial charge is 0.0412 e. The summed E-state index contributed by atoms with van der Waals surface area (Å²) in [6, 6.07) is 14.9. The van der Waals surface area contributed by atoms with Crippen LogP contribution in [-0.2, 0) is 0 Å². The normalized spacial score (nSPS) is 18.1. The number of hydrogen-bond donors (Lipinski definition) is 1. The Bertz CT molecular complexity index is 785. The van der Waals surface area contributed by atoms with E-state index in [1.165, 1.54) is 52.5 Å². The largest absolute Gasteiger partial charge is 0.314 e. The highest BCUT2D eigenvalue weighted by molar-refractivity contribution is 7.99. The third-order valence-electron chi connectivity index (χ3n) is 4.87. The van der Waals surface area contributed by atoms with Gasteiger partial charge in [0.15, 0.2) is 0 Å². The molecule has 26 heavy (non-hydrogen) atoms. The third-order valence-corrected chi connectivity index (χ3v) is 6.25. The molecule has 2 aromatic carbocycles. The predicted octanol–water partition coefficient (Wildman–Crippen LogP) is 5.34. The average Bonchev–Trinajstić information content (AvgIpc) is 2.65. The molecule has 2 aromatic rings. The van der Waals surface area contributed by atoms with Gasteiger partial charge in [0.25, 0.3) is 0 Å². The lowest BCUT2D eigenvalue weighted by Crippen LogP contribution is -2.43. The third kappa shape index (κ3) is 4.47. The topological polar surface area (TPSA) is 15.3 Å². The van der Waals surface area contributed by atoms with Gasteiger partial charge in [0.2, 0.25) is 0 Å². The molecule has 0 aromatic heterocycles. The van der Waals surface area contributed by atoms with E-state index >= 15 is 0 Å². The van der Waals surface area contributed by atoms with E-state index in [-0.39, 0.29) is 12.4 Å². The zero-order valence-electron chi connectivity index (χ0n) is 14.7. The highest BCUT2D eigenvalue weighted by atomic mass is 35.5. The molecule has 0 radical (unpaired) electrons. The molecule has 1 N–H and O–H groups in total. The number of nitrogens with zero attached hydrogens (tertiary/aromatic N) is 1. The van der Waals surface area contributed by atoms with Gasteiger partial charge in [0, 0.05) is 41.0 Å². The van der Waals surface area contributed by atoms with Gasteiger partial charge < -0.3 is 10.2 Å². The van der Waals surface area contributed by atoms with Gasteiger partial charge in [-0.3, -0.25) is 0 Å². The standard InChI is InChI=1S/C21H23ClN2S.ClH/c22-16-8-9-21-19(15-16)17(18-6-1-2-7-20(18)25-21)5-3-4-12-24-13-10-23-11-14-24;/h1-2,5-9,15,23H,3-4,10-14H2;1H/b17-5+;. The Morgan fingerprint density at radius 1 is 1.04 bits per heavy atom. The van der Waals surface area contributed by atoms with E-state index in [2.05, 4.69) is 52.7 Å². The van der Waals surface area contributed by atoms with Crippen LogP contribution < -0.4 is 5.32 Å². The summed E-state index contributed by atoms with van der Waals surface area (Å²) < 4.78 is 0. The number of halogens is 2. The molecule has 0 atom stereocenters. The summed E-state index contributed by atoms with van der Waals surface area (Å²) in [5.74, 6) is 0. The van der Waals surface area contributed by atoms with Gasteiger partial charge in [0.05, 0.1) is 0 Å². The Morgan fingerprint density at radius 2 is 1.81 bits per heavy atom. The summed E-state index contributed by atoms with van der Waals surface area (Å²) >= 11 is 8.13. The number of piperazine rings is 1. The minimum Gasteiger partial charge on any atom is -0.314 e. The number of hydrogen-bond acceptors (Lipinski definition) is 3. The fourth-order valence-corrected chi connectivity index (χ4v) is 4.82. The lowest BCUT2D eigenvalue weighted by atomic mass is 9.95. The average molecular weight is 407 g/mol. The monoisotopic (exact) mass is 406 g/mol. The van der Waals surface area contributed by atoms with Gasteiger partial charge in [-0.15, -0.1) is 12.4 Å². The maximum Gasteiger partial charge on any atom is 0.0412 e. The molecule has 2 heterocycles. The predicted molar refractivity (Wildman–Crippen MR) is 115 cm³/mol. The summed E-state index contributed by atoms with van der Waals surface area (Å²) in [5.41, 5.74) is 3.95. The van der Waals surface area contributed by atoms with E-state index < -0.39 is 0 Å². The minimum absolute atomic E-state index is 0. The number of allylic oxidation sites excluding steroid dienone is 1. The van der Waals surface area contributed by atoms with Crippen LogP contribution >= 0.6 is 35.8 Å². The summed E-state index contributed by atoms with van der Waals surface area (Å²) in [4.78, 5) is 5.20. The second kappa shape index (κ2) is 9.29. The second-order valence-corrected chi connectivity index (χ2v) is 8.11. The number of benzene rings is 2. The summed E-state index contributed by atoms with van der Waals surface area (Å²) in [5, 5.41) is 4.23. The molecular weight excluding hydrogens is 383 g/mol. The SMILES string of the molecule is Cl.Clc1ccc2c(c1)/C(=C/CCCN1CCNCC1)c1ccccc1S2. The Kier molecular flexibility index (Phi) is 7.07. The van der Waals surface area contributed by atoms with Crippen molar-refractivity contribution in [3.8, 4) is 0 Å². The molecule has 4 rings (SSSR count). The molecule has 2 nitrogen and oxygen atoms in total. The van der Waals surface area contributed by atoms with Gasteiger partial charge in [-0.05, 0) is 60.4 Å². The van der Waals surface area contributed by atoms with Crippen LogP contribution in [0.25, 0.3) is 5.57 Å². The summed E-state index contributed by atoms with van der Waals surface area (Å²) in [7, 11) is 0. The first-order chi connectivity index (χ1) is 12.3. The maximum atomic E-state index is 6.28. The van der Waals surface area contributed by atoms with E-state index in [4.69, 9.17) is 11.6 Å². The Balaban J connectivity index is 0.00000196. The van der Waals surface area contributed by atoms with E-state index in [1.807, 2.05) is 17.8 Å². The lowest BCUT2D eigenvalue weighted by molar-refractivity contribution is 0.239. The van der Waals surface area contributed by atoms with Gasteiger partial charge in [-0.25, -0.2) is 0 Å². The molecule has 5 heteroatoms. The first-order valence-corrected chi connectivity index (χ1v) is 10.2. The van der Waals surface area contributed by atoms with Crippen molar-refractivity contribution in [2.45, 2.75) is 22.6 Å². The number of fused-ring (bicyclic) bond motifs is 2. The van der Waals surface area contributed by atoms with Crippen LogP contribution in [0.4, 0.5) is 0 Å². The van der Waals surface area contributed by atoms with E-state index in [1.54, 1.807) is 0 Å². The Morgan fingerprint density at radius 3 is 2.65 bits per heavy atom. The van der Waals surface area contributed by atoms with Crippen molar-refractivity contribution in [3.63, 3.8) is 0 Å². The molecule has 0 spiro atoms. The fourth-order valence-electron chi connectivity index (χ4n) is 3.56. The molecule has 0 aliphatic carbocycles. The molecule has 1 fully saturated rings. The van der Waals surface area contributed by atoms with Crippen LogP contribution in [0.1, 0.15) is 24.0 Å². The van der Waals surface area contributed by atoms with Crippen LogP contribution in [0.15, 0.2) is 58.3 Å². The van der Waals surface area contributed by atoms with Crippen LogP contribution in [0, 0.1) is 0 Å². The molecule has 0 unspecified atom stereocenters. The van der Waals surface area contributed by atoms with Crippen LogP contribution in [0.3, 0.4) is 0 Å². The molecule has 0 bridgehead atoms. The van der Waals surface area contributed by atoms with Gasteiger partial charge >= 0.3 is 0 Å². The van der Waals surface area contributed by atoms with Crippen molar-refractivity contribution in [1.29, 1.82) is 0 Å². The van der Waals surface area contributed by atoms with E-state index in [0.29, 0.717) is 0 Å². The van der Waals surface area contributed by atoms with Crippen LogP contribution in [0.5, 0.6) is 0 Å². The number of nitrogens with one attached hydrogen (secondary N) is 1. The van der Waals surface area contributed by atoms with Gasteiger partial charge in [0.1, 0.15) is 0 Å². The number of rotatable bonds is 4. The molecule has 0 saturated carbocycles. The van der Waals surface area contributed by atoms with E-state index in [9.17, 15) is 0 Å². The molecule has 2 aliphatic rings. The van der Waals surface area contributed by atoms with Crippen molar-refractivity contribution in [2.24, 2.45) is 0 Å². The summed E-state index contributed by atoms with van der Waals surface area (Å²) in [6.45, 7) is 5.78. The molecular formula is C21H24Cl2N2S. The quantitative estimate of drug-likeness (QED) is 0.588. The first-order valence-electron chi connectivity index (χ1n) is 9.02. The van der Waals surface area contributed by atoms with Gasteiger partial charge in [-0.1, -0.05) is 47.6 Å². The lowest BCUT2D eigenvalue weighted by Gasteiger charge is -2.27. The van der Waals surface area contributed by atoms with Crippen molar-refractivity contribution < 1.29 is 0 Å². The van der Waals surface area contributed by atoms with Crippen molar-refractivity contribution >= 4 is 41.3 Å².